The van der Waals surface area contributed by atoms with Crippen LogP contribution in [0, 0.1) is 5.92 Å². The molecule has 0 amide bonds. The van der Waals surface area contributed by atoms with Crippen molar-refractivity contribution in [1.29, 1.82) is 0 Å². The molecule has 0 spiro atoms. The second kappa shape index (κ2) is 9.76. The molecule has 110 valence electrons. The van der Waals surface area contributed by atoms with E-state index in [0.29, 0.717) is 13.2 Å². The van der Waals surface area contributed by atoms with Crippen LogP contribution in [0.4, 0.5) is 0 Å². The van der Waals surface area contributed by atoms with Gasteiger partial charge in [-0.2, -0.15) is 0 Å². The SMILES string of the molecule is CCCCC(CC)CNCC(O)COC(C)(C)C. The highest BCUT2D eigenvalue weighted by molar-refractivity contribution is 4.66. The topological polar surface area (TPSA) is 41.5 Å². The first-order chi connectivity index (χ1) is 8.39. The molecule has 0 aliphatic carbocycles. The molecule has 0 fully saturated rings. The van der Waals surface area contributed by atoms with Crippen molar-refractivity contribution in [3.63, 3.8) is 0 Å². The monoisotopic (exact) mass is 259 g/mol. The highest BCUT2D eigenvalue weighted by Gasteiger charge is 2.13. The van der Waals surface area contributed by atoms with Crippen LogP contribution in [-0.4, -0.2) is 36.5 Å². The molecule has 0 saturated carbocycles. The molecular formula is C15H33NO2. The molecule has 0 radical (unpaired) electrons. The van der Waals surface area contributed by atoms with Crippen molar-refractivity contribution < 1.29 is 9.84 Å². The predicted octanol–water partition coefficient (Wildman–Crippen LogP) is 2.97. The summed E-state index contributed by atoms with van der Waals surface area (Å²) in [5.41, 5.74) is -0.173. The second-order valence-corrected chi connectivity index (χ2v) is 6.15. The lowest BCUT2D eigenvalue weighted by molar-refractivity contribution is -0.0479. The maximum absolute atomic E-state index is 9.79. The summed E-state index contributed by atoms with van der Waals surface area (Å²) in [6, 6.07) is 0. The van der Waals surface area contributed by atoms with Gasteiger partial charge in [0.25, 0.3) is 0 Å². The first kappa shape index (κ1) is 17.9. The van der Waals surface area contributed by atoms with Gasteiger partial charge in [0.15, 0.2) is 0 Å². The molecule has 0 aliphatic heterocycles. The van der Waals surface area contributed by atoms with E-state index in [4.69, 9.17) is 4.74 Å². The molecule has 3 heteroatoms. The highest BCUT2D eigenvalue weighted by Crippen LogP contribution is 2.11. The van der Waals surface area contributed by atoms with Gasteiger partial charge in [-0.3, -0.25) is 0 Å². The van der Waals surface area contributed by atoms with E-state index < -0.39 is 6.10 Å². The van der Waals surface area contributed by atoms with E-state index >= 15 is 0 Å². The first-order valence-electron chi connectivity index (χ1n) is 7.41. The Hall–Kier alpha value is -0.120. The van der Waals surface area contributed by atoms with Crippen LogP contribution in [0.1, 0.15) is 60.3 Å². The average Bonchev–Trinajstić information content (AvgIpc) is 2.30. The van der Waals surface area contributed by atoms with Crippen LogP contribution < -0.4 is 5.32 Å². The van der Waals surface area contributed by atoms with Gasteiger partial charge in [0.1, 0.15) is 0 Å². The minimum atomic E-state index is -0.409. The minimum Gasteiger partial charge on any atom is -0.389 e. The highest BCUT2D eigenvalue weighted by atomic mass is 16.5. The summed E-state index contributed by atoms with van der Waals surface area (Å²) in [6.45, 7) is 12.5. The van der Waals surface area contributed by atoms with Gasteiger partial charge >= 0.3 is 0 Å². The van der Waals surface area contributed by atoms with Crippen molar-refractivity contribution in [2.24, 2.45) is 5.92 Å². The van der Waals surface area contributed by atoms with Crippen LogP contribution in [0.15, 0.2) is 0 Å². The fourth-order valence-corrected chi connectivity index (χ4v) is 1.80. The average molecular weight is 259 g/mol. The smallest absolute Gasteiger partial charge is 0.0897 e. The quantitative estimate of drug-likeness (QED) is 0.634. The van der Waals surface area contributed by atoms with Crippen LogP contribution >= 0.6 is 0 Å². The van der Waals surface area contributed by atoms with Crippen molar-refractivity contribution in [2.45, 2.75) is 72.0 Å². The third kappa shape index (κ3) is 11.0. The summed E-state index contributed by atoms with van der Waals surface area (Å²) >= 11 is 0. The van der Waals surface area contributed by atoms with Crippen LogP contribution in [0.5, 0.6) is 0 Å². The Balaban J connectivity index is 3.62. The van der Waals surface area contributed by atoms with Crippen LogP contribution in [0.2, 0.25) is 0 Å². The molecule has 0 aromatic heterocycles. The molecule has 2 unspecified atom stereocenters. The third-order valence-electron chi connectivity index (χ3n) is 3.06. The number of hydrogen-bond donors (Lipinski definition) is 2. The molecular weight excluding hydrogens is 226 g/mol. The Morgan fingerprint density at radius 1 is 1.17 bits per heavy atom. The zero-order valence-corrected chi connectivity index (χ0v) is 13.0. The molecule has 0 rings (SSSR count). The molecule has 3 nitrogen and oxygen atoms in total. The van der Waals surface area contributed by atoms with Gasteiger partial charge in [-0.25, -0.2) is 0 Å². The molecule has 0 aliphatic rings. The maximum atomic E-state index is 9.79. The summed E-state index contributed by atoms with van der Waals surface area (Å²) in [5.74, 6) is 0.737. The van der Waals surface area contributed by atoms with Gasteiger partial charge in [-0.05, 0) is 39.7 Å². The largest absolute Gasteiger partial charge is 0.389 e. The van der Waals surface area contributed by atoms with Crippen LogP contribution in [-0.2, 0) is 4.74 Å². The standard InChI is InChI=1S/C15H33NO2/c1-6-8-9-13(7-2)10-16-11-14(17)12-18-15(3,4)5/h13-14,16-17H,6-12H2,1-5H3. The van der Waals surface area contributed by atoms with Crippen molar-refractivity contribution in [3.05, 3.63) is 0 Å². The lowest BCUT2D eigenvalue weighted by Crippen LogP contribution is -2.35. The Morgan fingerprint density at radius 3 is 2.33 bits per heavy atom. The number of ether oxygens (including phenoxy) is 1. The zero-order valence-electron chi connectivity index (χ0n) is 13.0. The predicted molar refractivity (Wildman–Crippen MR) is 77.9 cm³/mol. The summed E-state index contributed by atoms with van der Waals surface area (Å²) in [4.78, 5) is 0. The van der Waals surface area contributed by atoms with Crippen LogP contribution in [0.25, 0.3) is 0 Å². The molecule has 0 heterocycles. The van der Waals surface area contributed by atoms with E-state index in [9.17, 15) is 5.11 Å². The Labute approximate surface area is 113 Å². The second-order valence-electron chi connectivity index (χ2n) is 6.15. The fraction of sp³-hybridized carbons (Fsp3) is 1.00. The third-order valence-corrected chi connectivity index (χ3v) is 3.06. The summed E-state index contributed by atoms with van der Waals surface area (Å²) in [5, 5.41) is 13.1. The molecule has 0 bridgehead atoms. The Bertz CT molecular complexity index is 189. The van der Waals surface area contributed by atoms with Gasteiger partial charge in [-0.15, -0.1) is 0 Å². The molecule has 18 heavy (non-hydrogen) atoms. The van der Waals surface area contributed by atoms with E-state index in [1.807, 2.05) is 20.8 Å². The Kier molecular flexibility index (Phi) is 9.70. The summed E-state index contributed by atoms with van der Waals surface area (Å²) in [6.07, 6.45) is 4.65. The zero-order chi connectivity index (χ0) is 14.0. The van der Waals surface area contributed by atoms with Gasteiger partial charge in [-0.1, -0.05) is 33.1 Å². The van der Waals surface area contributed by atoms with E-state index in [1.165, 1.54) is 25.7 Å². The Morgan fingerprint density at radius 2 is 1.83 bits per heavy atom. The molecule has 2 atom stereocenters. The van der Waals surface area contributed by atoms with E-state index in [-0.39, 0.29) is 5.60 Å². The van der Waals surface area contributed by atoms with Crippen molar-refractivity contribution >= 4 is 0 Å². The molecule has 0 aromatic carbocycles. The van der Waals surface area contributed by atoms with E-state index in [1.54, 1.807) is 0 Å². The van der Waals surface area contributed by atoms with Gasteiger partial charge in [0.2, 0.25) is 0 Å². The number of aliphatic hydroxyl groups is 1. The first-order valence-corrected chi connectivity index (χ1v) is 7.41. The number of rotatable bonds is 10. The van der Waals surface area contributed by atoms with Gasteiger partial charge in [0.05, 0.1) is 18.3 Å². The number of nitrogens with one attached hydrogen (secondary N) is 1. The summed E-state index contributed by atoms with van der Waals surface area (Å²) in [7, 11) is 0. The fourth-order valence-electron chi connectivity index (χ4n) is 1.80. The van der Waals surface area contributed by atoms with E-state index in [2.05, 4.69) is 19.2 Å². The van der Waals surface area contributed by atoms with Gasteiger partial charge < -0.3 is 15.2 Å². The van der Waals surface area contributed by atoms with E-state index in [0.717, 1.165) is 12.5 Å². The van der Waals surface area contributed by atoms with Gasteiger partial charge in [0, 0.05) is 6.54 Å². The van der Waals surface area contributed by atoms with Crippen LogP contribution in [0.3, 0.4) is 0 Å². The number of aliphatic hydroxyl groups excluding tert-OH is 1. The molecule has 0 aromatic rings. The van der Waals surface area contributed by atoms with Crippen molar-refractivity contribution in [2.75, 3.05) is 19.7 Å². The summed E-state index contributed by atoms with van der Waals surface area (Å²) < 4.78 is 5.55. The minimum absolute atomic E-state index is 0.173. The lowest BCUT2D eigenvalue weighted by atomic mass is 9.99. The number of unbranched alkanes of at least 4 members (excludes halogenated alkanes) is 1. The molecule has 0 saturated heterocycles. The molecule has 2 N–H and O–H groups in total. The number of hydrogen-bond acceptors (Lipinski definition) is 3. The lowest BCUT2D eigenvalue weighted by Gasteiger charge is -2.23. The normalized spacial score (nSPS) is 15.7. The van der Waals surface area contributed by atoms with Crippen molar-refractivity contribution in [1.82, 2.24) is 5.32 Å². The van der Waals surface area contributed by atoms with Crippen molar-refractivity contribution in [3.8, 4) is 0 Å². The maximum Gasteiger partial charge on any atom is 0.0897 e.